The van der Waals surface area contributed by atoms with Gasteiger partial charge in [-0.15, -0.1) is 0 Å². The molecular formula is C23H25N3O2. The van der Waals surface area contributed by atoms with Gasteiger partial charge in [-0.3, -0.25) is 9.78 Å². The molecular weight excluding hydrogens is 350 g/mol. The van der Waals surface area contributed by atoms with E-state index in [1.54, 1.807) is 31.6 Å². The van der Waals surface area contributed by atoms with Crippen molar-refractivity contribution in [1.29, 1.82) is 0 Å². The number of nitrogens with one attached hydrogen (secondary N) is 2. The number of para-hydroxylation sites is 3. The van der Waals surface area contributed by atoms with E-state index in [1.807, 2.05) is 18.2 Å². The highest BCUT2D eigenvalue weighted by molar-refractivity contribution is 6.05. The zero-order valence-electron chi connectivity index (χ0n) is 16.5. The first-order valence-electron chi connectivity index (χ1n) is 9.43. The van der Waals surface area contributed by atoms with E-state index in [4.69, 9.17) is 4.74 Å². The third-order valence-electron chi connectivity index (χ3n) is 4.62. The van der Waals surface area contributed by atoms with Gasteiger partial charge in [0.1, 0.15) is 5.75 Å². The lowest BCUT2D eigenvalue weighted by Crippen LogP contribution is -2.13. The molecule has 0 fully saturated rings. The Bertz CT molecular complexity index is 947. The average molecular weight is 375 g/mol. The van der Waals surface area contributed by atoms with Crippen LogP contribution in [-0.2, 0) is 12.8 Å². The third-order valence-corrected chi connectivity index (χ3v) is 4.62. The highest BCUT2D eigenvalue weighted by Crippen LogP contribution is 2.27. The van der Waals surface area contributed by atoms with Crippen LogP contribution in [0.2, 0.25) is 0 Å². The smallest absolute Gasteiger partial charge is 0.257 e. The second-order valence-corrected chi connectivity index (χ2v) is 6.40. The maximum absolute atomic E-state index is 12.7. The van der Waals surface area contributed by atoms with Gasteiger partial charge in [0.05, 0.1) is 30.2 Å². The molecule has 3 aromatic rings. The van der Waals surface area contributed by atoms with Crippen LogP contribution in [-0.4, -0.2) is 18.0 Å². The SMILES string of the molecule is CCc1cccc(CC)c1Nc1cncc(C(=O)Nc2ccccc2OC)c1. The number of hydrogen-bond acceptors (Lipinski definition) is 4. The van der Waals surface area contributed by atoms with Crippen LogP contribution in [0, 0.1) is 0 Å². The first kappa shape index (κ1) is 19.4. The van der Waals surface area contributed by atoms with Gasteiger partial charge in [-0.2, -0.15) is 0 Å². The Morgan fingerprint density at radius 1 is 1.00 bits per heavy atom. The molecule has 3 rings (SSSR count). The Balaban J connectivity index is 1.84. The van der Waals surface area contributed by atoms with Crippen LogP contribution in [0.15, 0.2) is 60.9 Å². The number of benzene rings is 2. The second kappa shape index (κ2) is 9.04. The van der Waals surface area contributed by atoms with E-state index in [0.717, 1.165) is 24.2 Å². The maximum Gasteiger partial charge on any atom is 0.257 e. The number of hydrogen-bond donors (Lipinski definition) is 2. The summed E-state index contributed by atoms with van der Waals surface area (Å²) in [6, 6.07) is 15.4. The number of aromatic nitrogens is 1. The largest absolute Gasteiger partial charge is 0.495 e. The fourth-order valence-corrected chi connectivity index (χ4v) is 3.12. The van der Waals surface area contributed by atoms with E-state index >= 15 is 0 Å². The Kier molecular flexibility index (Phi) is 6.27. The lowest BCUT2D eigenvalue weighted by molar-refractivity contribution is 0.102. The monoisotopic (exact) mass is 375 g/mol. The van der Waals surface area contributed by atoms with Gasteiger partial charge < -0.3 is 15.4 Å². The van der Waals surface area contributed by atoms with Crippen LogP contribution in [0.1, 0.15) is 35.3 Å². The van der Waals surface area contributed by atoms with E-state index in [9.17, 15) is 4.79 Å². The number of carbonyl (C=O) groups excluding carboxylic acids is 1. The van der Waals surface area contributed by atoms with Crippen molar-refractivity contribution in [3.63, 3.8) is 0 Å². The summed E-state index contributed by atoms with van der Waals surface area (Å²) in [4.78, 5) is 16.9. The molecule has 1 aromatic heterocycles. The van der Waals surface area contributed by atoms with Crippen LogP contribution in [0.25, 0.3) is 0 Å². The van der Waals surface area contributed by atoms with Crippen molar-refractivity contribution >= 4 is 23.0 Å². The van der Waals surface area contributed by atoms with E-state index in [0.29, 0.717) is 17.0 Å². The van der Waals surface area contributed by atoms with Gasteiger partial charge in [0, 0.05) is 11.9 Å². The summed E-state index contributed by atoms with van der Waals surface area (Å²) in [5.41, 5.74) is 5.45. The van der Waals surface area contributed by atoms with Gasteiger partial charge in [-0.05, 0) is 42.2 Å². The van der Waals surface area contributed by atoms with Crippen molar-refractivity contribution in [3.05, 3.63) is 77.6 Å². The lowest BCUT2D eigenvalue weighted by Gasteiger charge is -2.16. The minimum Gasteiger partial charge on any atom is -0.495 e. The van der Waals surface area contributed by atoms with Crippen molar-refractivity contribution in [2.45, 2.75) is 26.7 Å². The number of ether oxygens (including phenoxy) is 1. The van der Waals surface area contributed by atoms with Gasteiger partial charge >= 0.3 is 0 Å². The summed E-state index contributed by atoms with van der Waals surface area (Å²) in [6.07, 6.45) is 5.14. The highest BCUT2D eigenvalue weighted by atomic mass is 16.5. The van der Waals surface area contributed by atoms with Crippen molar-refractivity contribution in [2.75, 3.05) is 17.7 Å². The molecule has 0 aliphatic rings. The number of aryl methyl sites for hydroxylation is 2. The molecule has 0 bridgehead atoms. The average Bonchev–Trinajstić information content (AvgIpc) is 2.74. The molecule has 0 unspecified atom stereocenters. The normalized spacial score (nSPS) is 10.4. The van der Waals surface area contributed by atoms with E-state index < -0.39 is 0 Å². The quantitative estimate of drug-likeness (QED) is 0.595. The van der Waals surface area contributed by atoms with Gasteiger partial charge in [0.2, 0.25) is 0 Å². The van der Waals surface area contributed by atoms with Gasteiger partial charge in [0.15, 0.2) is 0 Å². The first-order valence-corrected chi connectivity index (χ1v) is 9.43. The summed E-state index contributed by atoms with van der Waals surface area (Å²) in [5.74, 6) is 0.377. The minimum absolute atomic E-state index is 0.236. The topological polar surface area (TPSA) is 63.2 Å². The fourth-order valence-electron chi connectivity index (χ4n) is 3.12. The van der Waals surface area contributed by atoms with E-state index in [1.165, 1.54) is 11.1 Å². The van der Waals surface area contributed by atoms with Gasteiger partial charge in [-0.1, -0.05) is 44.2 Å². The molecule has 0 saturated carbocycles. The number of rotatable bonds is 7. The Hall–Kier alpha value is -3.34. The number of carbonyl (C=O) groups is 1. The molecule has 0 aliphatic heterocycles. The van der Waals surface area contributed by atoms with Gasteiger partial charge in [-0.25, -0.2) is 0 Å². The lowest BCUT2D eigenvalue weighted by atomic mass is 10.0. The minimum atomic E-state index is -0.236. The summed E-state index contributed by atoms with van der Waals surface area (Å²) in [6.45, 7) is 4.27. The summed E-state index contributed by atoms with van der Waals surface area (Å²) in [5, 5.41) is 6.34. The molecule has 1 heterocycles. The Labute approximate surface area is 165 Å². The molecule has 5 nitrogen and oxygen atoms in total. The number of anilines is 3. The van der Waals surface area contributed by atoms with Crippen LogP contribution < -0.4 is 15.4 Å². The van der Waals surface area contributed by atoms with Crippen LogP contribution in [0.3, 0.4) is 0 Å². The maximum atomic E-state index is 12.7. The third kappa shape index (κ3) is 4.31. The second-order valence-electron chi connectivity index (χ2n) is 6.40. The van der Waals surface area contributed by atoms with Gasteiger partial charge in [0.25, 0.3) is 5.91 Å². The molecule has 0 aliphatic carbocycles. The van der Waals surface area contributed by atoms with E-state index in [2.05, 4.69) is 47.7 Å². The molecule has 0 spiro atoms. The first-order chi connectivity index (χ1) is 13.7. The molecule has 2 N–H and O–H groups in total. The zero-order valence-corrected chi connectivity index (χ0v) is 16.5. The fraction of sp³-hybridized carbons (Fsp3) is 0.217. The van der Waals surface area contributed by atoms with Crippen LogP contribution in [0.5, 0.6) is 5.75 Å². The van der Waals surface area contributed by atoms with Crippen LogP contribution >= 0.6 is 0 Å². The molecule has 0 saturated heterocycles. The zero-order chi connectivity index (χ0) is 19.9. The summed E-state index contributed by atoms with van der Waals surface area (Å²) in [7, 11) is 1.58. The number of methoxy groups -OCH3 is 1. The predicted octanol–water partition coefficient (Wildman–Crippen LogP) is 5.21. The van der Waals surface area contributed by atoms with Crippen molar-refractivity contribution in [2.24, 2.45) is 0 Å². The molecule has 5 heteroatoms. The van der Waals surface area contributed by atoms with Crippen molar-refractivity contribution < 1.29 is 9.53 Å². The summed E-state index contributed by atoms with van der Waals surface area (Å²) >= 11 is 0. The standard InChI is InChI=1S/C23H25N3O2/c1-4-16-9-8-10-17(5-2)22(16)25-19-13-18(14-24-15-19)23(27)26-20-11-6-7-12-21(20)28-3/h6-15,25H,4-5H2,1-3H3,(H,26,27). The molecule has 0 radical (unpaired) electrons. The Morgan fingerprint density at radius 3 is 2.39 bits per heavy atom. The highest BCUT2D eigenvalue weighted by Gasteiger charge is 2.12. The number of pyridine rings is 1. The number of nitrogens with zero attached hydrogens (tertiary/aromatic N) is 1. The predicted molar refractivity (Wildman–Crippen MR) is 114 cm³/mol. The van der Waals surface area contributed by atoms with Crippen molar-refractivity contribution in [1.82, 2.24) is 4.98 Å². The molecule has 2 aromatic carbocycles. The Morgan fingerprint density at radius 2 is 1.71 bits per heavy atom. The van der Waals surface area contributed by atoms with E-state index in [-0.39, 0.29) is 5.91 Å². The molecule has 144 valence electrons. The molecule has 1 amide bonds. The number of amides is 1. The van der Waals surface area contributed by atoms with Crippen LogP contribution in [0.4, 0.5) is 17.1 Å². The van der Waals surface area contributed by atoms with Crippen molar-refractivity contribution in [3.8, 4) is 5.75 Å². The molecule has 28 heavy (non-hydrogen) atoms. The molecule has 0 atom stereocenters. The summed E-state index contributed by atoms with van der Waals surface area (Å²) < 4.78 is 5.29.